The molecule has 0 spiro atoms. The number of anilines is 1. The first-order valence-corrected chi connectivity index (χ1v) is 8.35. The third kappa shape index (κ3) is 3.22. The van der Waals surface area contributed by atoms with Crippen molar-refractivity contribution in [2.24, 2.45) is 5.92 Å². The van der Waals surface area contributed by atoms with Gasteiger partial charge in [-0.1, -0.05) is 30.5 Å². The number of benzene rings is 1. The van der Waals surface area contributed by atoms with Crippen LogP contribution in [0.3, 0.4) is 0 Å². The maximum absolute atomic E-state index is 14.0. The number of nitrogens with one attached hydrogen (secondary N) is 1. The van der Waals surface area contributed by atoms with E-state index in [0.717, 1.165) is 25.0 Å². The van der Waals surface area contributed by atoms with Crippen LogP contribution in [0.2, 0.25) is 5.02 Å². The van der Waals surface area contributed by atoms with Crippen LogP contribution in [0.1, 0.15) is 36.6 Å². The van der Waals surface area contributed by atoms with Gasteiger partial charge in [0.15, 0.2) is 5.82 Å². The van der Waals surface area contributed by atoms with E-state index >= 15 is 0 Å². The predicted octanol–water partition coefficient (Wildman–Crippen LogP) is 6.02. The normalized spacial score (nSPS) is 17.1. The summed E-state index contributed by atoms with van der Waals surface area (Å²) in [5.41, 5.74) is 0.198. The highest BCUT2D eigenvalue weighted by Crippen LogP contribution is 2.41. The highest BCUT2D eigenvalue weighted by Gasteiger charge is 2.28. The van der Waals surface area contributed by atoms with Gasteiger partial charge in [-0.25, -0.2) is 8.78 Å². The van der Waals surface area contributed by atoms with E-state index in [-0.39, 0.29) is 16.8 Å². The van der Waals surface area contributed by atoms with Crippen molar-refractivity contribution in [2.45, 2.75) is 31.7 Å². The summed E-state index contributed by atoms with van der Waals surface area (Å²) in [7, 11) is 0. The molecule has 1 nitrogen and oxygen atoms in total. The van der Waals surface area contributed by atoms with Gasteiger partial charge in [0.25, 0.3) is 0 Å². The van der Waals surface area contributed by atoms with Crippen LogP contribution in [0.4, 0.5) is 14.5 Å². The number of rotatable bonds is 4. The molecular formula is C16H16ClF2NS. The Bertz CT molecular complexity index is 586. The molecule has 1 aliphatic carbocycles. The van der Waals surface area contributed by atoms with Crippen molar-refractivity contribution in [1.82, 2.24) is 0 Å². The topological polar surface area (TPSA) is 12.0 Å². The van der Waals surface area contributed by atoms with Gasteiger partial charge in [-0.05, 0) is 36.3 Å². The fourth-order valence-electron chi connectivity index (χ4n) is 3.02. The molecule has 1 aliphatic rings. The van der Waals surface area contributed by atoms with Crippen molar-refractivity contribution in [3.63, 3.8) is 0 Å². The van der Waals surface area contributed by atoms with Gasteiger partial charge in [0, 0.05) is 10.9 Å². The van der Waals surface area contributed by atoms with Crippen LogP contribution in [0.5, 0.6) is 0 Å². The Labute approximate surface area is 131 Å². The molecule has 5 heteroatoms. The number of hydrogen-bond donors (Lipinski definition) is 1. The lowest BCUT2D eigenvalue weighted by Gasteiger charge is -2.25. The monoisotopic (exact) mass is 327 g/mol. The molecule has 2 aromatic rings. The highest BCUT2D eigenvalue weighted by molar-refractivity contribution is 7.10. The van der Waals surface area contributed by atoms with Crippen LogP contribution in [0.15, 0.2) is 29.6 Å². The Morgan fingerprint density at radius 1 is 1.24 bits per heavy atom. The Morgan fingerprint density at radius 2 is 2.00 bits per heavy atom. The van der Waals surface area contributed by atoms with Gasteiger partial charge in [0.1, 0.15) is 5.82 Å². The molecule has 1 heterocycles. The molecule has 0 radical (unpaired) electrons. The minimum absolute atomic E-state index is 0.0324. The summed E-state index contributed by atoms with van der Waals surface area (Å²) >= 11 is 7.66. The van der Waals surface area contributed by atoms with E-state index in [9.17, 15) is 8.78 Å². The lowest BCUT2D eigenvalue weighted by atomic mass is 9.96. The molecule has 0 bridgehead atoms. The van der Waals surface area contributed by atoms with Gasteiger partial charge in [-0.2, -0.15) is 0 Å². The molecule has 21 heavy (non-hydrogen) atoms. The average molecular weight is 328 g/mol. The third-order valence-electron chi connectivity index (χ3n) is 4.03. The fourth-order valence-corrected chi connectivity index (χ4v) is 4.13. The SMILES string of the molecule is Fc1cc(F)c(NC(c2cccs2)C2CCCC2)c(Cl)c1. The van der Waals surface area contributed by atoms with Crippen molar-refractivity contribution in [1.29, 1.82) is 0 Å². The van der Waals surface area contributed by atoms with E-state index < -0.39 is 11.6 Å². The van der Waals surface area contributed by atoms with Crippen molar-refractivity contribution < 1.29 is 8.78 Å². The first-order valence-electron chi connectivity index (χ1n) is 7.09. The van der Waals surface area contributed by atoms with Crippen molar-refractivity contribution in [2.75, 3.05) is 5.32 Å². The highest BCUT2D eigenvalue weighted by atomic mass is 35.5. The first kappa shape index (κ1) is 14.8. The molecule has 1 N–H and O–H groups in total. The second-order valence-corrected chi connectivity index (χ2v) is 6.81. The summed E-state index contributed by atoms with van der Waals surface area (Å²) in [6.45, 7) is 0. The van der Waals surface area contributed by atoms with Crippen molar-refractivity contribution in [3.05, 3.63) is 51.2 Å². The molecule has 3 rings (SSSR count). The van der Waals surface area contributed by atoms with Gasteiger partial charge in [0.2, 0.25) is 0 Å². The lowest BCUT2D eigenvalue weighted by Crippen LogP contribution is -2.19. The quantitative estimate of drug-likeness (QED) is 0.723. The molecule has 1 atom stereocenters. The zero-order chi connectivity index (χ0) is 14.8. The second kappa shape index (κ2) is 6.32. The van der Waals surface area contributed by atoms with E-state index in [1.54, 1.807) is 11.3 Å². The van der Waals surface area contributed by atoms with E-state index in [4.69, 9.17) is 11.6 Å². The summed E-state index contributed by atoms with van der Waals surface area (Å²) in [5.74, 6) is -0.833. The van der Waals surface area contributed by atoms with Crippen LogP contribution in [0, 0.1) is 17.6 Å². The zero-order valence-electron chi connectivity index (χ0n) is 11.4. The Morgan fingerprint density at radius 3 is 2.62 bits per heavy atom. The minimum atomic E-state index is -0.656. The van der Waals surface area contributed by atoms with Crippen LogP contribution in [0.25, 0.3) is 0 Å². The Balaban J connectivity index is 1.91. The molecule has 1 aromatic heterocycles. The summed E-state index contributed by atoms with van der Waals surface area (Å²) in [6.07, 6.45) is 4.65. The molecule has 1 saturated carbocycles. The smallest absolute Gasteiger partial charge is 0.150 e. The molecule has 1 aromatic carbocycles. The third-order valence-corrected chi connectivity index (χ3v) is 5.28. The van der Waals surface area contributed by atoms with Crippen LogP contribution in [-0.4, -0.2) is 0 Å². The van der Waals surface area contributed by atoms with Crippen LogP contribution >= 0.6 is 22.9 Å². The van der Waals surface area contributed by atoms with Gasteiger partial charge in [-0.15, -0.1) is 11.3 Å². The van der Waals surface area contributed by atoms with Crippen molar-refractivity contribution >= 4 is 28.6 Å². The van der Waals surface area contributed by atoms with E-state index in [2.05, 4.69) is 11.4 Å². The van der Waals surface area contributed by atoms with Gasteiger partial charge >= 0.3 is 0 Å². The summed E-state index contributed by atoms with van der Waals surface area (Å²) in [6, 6.07) is 6.09. The molecular weight excluding hydrogens is 312 g/mol. The van der Waals surface area contributed by atoms with E-state index in [1.807, 2.05) is 11.4 Å². The zero-order valence-corrected chi connectivity index (χ0v) is 13.0. The molecule has 112 valence electrons. The number of hydrogen-bond acceptors (Lipinski definition) is 2. The van der Waals surface area contributed by atoms with Gasteiger partial charge < -0.3 is 5.32 Å². The molecule has 1 fully saturated rings. The molecule has 0 aliphatic heterocycles. The maximum atomic E-state index is 14.0. The average Bonchev–Trinajstić information content (AvgIpc) is 3.11. The lowest BCUT2D eigenvalue weighted by molar-refractivity contribution is 0.472. The summed E-state index contributed by atoms with van der Waals surface area (Å²) in [5, 5.41) is 5.33. The van der Waals surface area contributed by atoms with E-state index in [1.165, 1.54) is 17.7 Å². The Kier molecular flexibility index (Phi) is 4.45. The standard InChI is InChI=1S/C16H16ClF2NS/c17-12-8-11(18)9-13(19)16(12)20-15(10-4-1-2-5-10)14-6-3-7-21-14/h3,6-10,15,20H,1-2,4-5H2. The van der Waals surface area contributed by atoms with Crippen LogP contribution in [-0.2, 0) is 0 Å². The summed E-state index contributed by atoms with van der Waals surface area (Å²) in [4.78, 5) is 1.17. The Hall–Kier alpha value is -1.13. The van der Waals surface area contributed by atoms with Crippen molar-refractivity contribution in [3.8, 4) is 0 Å². The largest absolute Gasteiger partial charge is 0.374 e. The first-order chi connectivity index (χ1) is 10.1. The summed E-state index contributed by atoms with van der Waals surface area (Å²) < 4.78 is 27.2. The number of thiophene rings is 1. The second-order valence-electron chi connectivity index (χ2n) is 5.43. The predicted molar refractivity (Wildman–Crippen MR) is 84.0 cm³/mol. The fraction of sp³-hybridized carbons (Fsp3) is 0.375. The molecule has 0 saturated heterocycles. The van der Waals surface area contributed by atoms with Gasteiger partial charge in [0.05, 0.1) is 16.8 Å². The molecule has 0 amide bonds. The molecule has 1 unspecified atom stereocenters. The number of halogens is 3. The maximum Gasteiger partial charge on any atom is 0.150 e. The van der Waals surface area contributed by atoms with Gasteiger partial charge in [-0.3, -0.25) is 0 Å². The van der Waals surface area contributed by atoms with Crippen LogP contribution < -0.4 is 5.32 Å². The van der Waals surface area contributed by atoms with E-state index in [0.29, 0.717) is 5.92 Å². The minimum Gasteiger partial charge on any atom is -0.374 e.